The van der Waals surface area contributed by atoms with Gasteiger partial charge in [0.1, 0.15) is 0 Å². The number of nitrogens with two attached hydrogens (primary N) is 1. The zero-order valence-electron chi connectivity index (χ0n) is 15.1. The number of thiazole rings is 1. The number of hydrogen-bond donors (Lipinski definition) is 1. The topological polar surface area (TPSA) is 65.9 Å². The number of aromatic nitrogens is 1. The molecule has 1 aliphatic rings. The highest BCUT2D eigenvalue weighted by Crippen LogP contribution is 2.42. The summed E-state index contributed by atoms with van der Waals surface area (Å²) in [7, 11) is 0. The molecule has 0 unspecified atom stereocenters. The molecule has 0 aliphatic carbocycles. The summed E-state index contributed by atoms with van der Waals surface area (Å²) in [4.78, 5) is 7.14. The Balaban J connectivity index is 1.54. The van der Waals surface area contributed by atoms with E-state index in [-0.39, 0.29) is 5.41 Å². The van der Waals surface area contributed by atoms with Crippen LogP contribution in [0, 0.1) is 11.3 Å². The SMILES string of the molecule is N#Cc1ccc(CN2CCC(c3ccccc3)(c3csc(N)n3)CC2)cc1. The van der Waals surface area contributed by atoms with Crippen LogP contribution in [-0.4, -0.2) is 23.0 Å². The monoisotopic (exact) mass is 374 g/mol. The minimum absolute atomic E-state index is 0.0590. The average molecular weight is 375 g/mol. The Hall–Kier alpha value is -2.68. The molecule has 136 valence electrons. The molecular formula is C22H22N4S. The summed E-state index contributed by atoms with van der Waals surface area (Å²) in [6, 6.07) is 20.8. The molecule has 0 amide bonds. The summed E-state index contributed by atoms with van der Waals surface area (Å²) in [6.45, 7) is 2.93. The highest BCUT2D eigenvalue weighted by molar-refractivity contribution is 7.13. The second-order valence-corrected chi connectivity index (χ2v) is 7.99. The van der Waals surface area contributed by atoms with Crippen LogP contribution in [0.4, 0.5) is 5.13 Å². The molecule has 0 spiro atoms. The van der Waals surface area contributed by atoms with Crippen LogP contribution in [0.25, 0.3) is 0 Å². The van der Waals surface area contributed by atoms with Crippen LogP contribution in [0.2, 0.25) is 0 Å². The van der Waals surface area contributed by atoms with Gasteiger partial charge in [0.05, 0.1) is 17.3 Å². The van der Waals surface area contributed by atoms with Gasteiger partial charge in [0, 0.05) is 17.3 Å². The summed E-state index contributed by atoms with van der Waals surface area (Å²) in [5, 5.41) is 11.7. The van der Waals surface area contributed by atoms with Crippen molar-refractivity contribution in [2.24, 2.45) is 0 Å². The molecule has 1 saturated heterocycles. The minimum atomic E-state index is -0.0590. The Morgan fingerprint density at radius 2 is 1.78 bits per heavy atom. The van der Waals surface area contributed by atoms with Crippen LogP contribution in [0.15, 0.2) is 60.0 Å². The first-order chi connectivity index (χ1) is 13.2. The fraction of sp³-hybridized carbons (Fsp3) is 0.273. The third-order valence-corrected chi connectivity index (χ3v) is 6.21. The number of hydrogen-bond acceptors (Lipinski definition) is 5. The number of likely N-dealkylation sites (tertiary alicyclic amines) is 1. The maximum atomic E-state index is 8.95. The Morgan fingerprint density at radius 3 is 2.37 bits per heavy atom. The molecule has 0 radical (unpaired) electrons. The summed E-state index contributed by atoms with van der Waals surface area (Å²) in [6.07, 6.45) is 2.05. The maximum absolute atomic E-state index is 8.95. The van der Waals surface area contributed by atoms with Crippen molar-refractivity contribution in [1.29, 1.82) is 5.26 Å². The number of nitrogen functional groups attached to an aromatic ring is 1. The van der Waals surface area contributed by atoms with Gasteiger partial charge in [0.25, 0.3) is 0 Å². The van der Waals surface area contributed by atoms with Crippen molar-refractivity contribution >= 4 is 16.5 Å². The summed E-state index contributed by atoms with van der Waals surface area (Å²) in [5.41, 5.74) is 10.3. The van der Waals surface area contributed by atoms with Crippen LogP contribution in [0.1, 0.15) is 35.2 Å². The van der Waals surface area contributed by atoms with E-state index in [2.05, 4.69) is 63.8 Å². The zero-order chi connectivity index (χ0) is 18.7. The molecule has 1 aromatic heterocycles. The van der Waals surface area contributed by atoms with Crippen molar-refractivity contribution in [2.45, 2.75) is 24.8 Å². The van der Waals surface area contributed by atoms with E-state index in [0.717, 1.165) is 38.2 Å². The summed E-state index contributed by atoms with van der Waals surface area (Å²) >= 11 is 1.52. The Bertz CT molecular complexity index is 932. The van der Waals surface area contributed by atoms with Gasteiger partial charge in [0.2, 0.25) is 0 Å². The van der Waals surface area contributed by atoms with Crippen LogP contribution >= 0.6 is 11.3 Å². The van der Waals surface area contributed by atoms with Gasteiger partial charge in [-0.2, -0.15) is 5.26 Å². The number of piperidine rings is 1. The van der Waals surface area contributed by atoms with E-state index < -0.39 is 0 Å². The van der Waals surface area contributed by atoms with Crippen LogP contribution in [-0.2, 0) is 12.0 Å². The van der Waals surface area contributed by atoms with Crippen LogP contribution in [0.3, 0.4) is 0 Å². The van der Waals surface area contributed by atoms with Crippen LogP contribution < -0.4 is 5.73 Å². The molecule has 4 rings (SSSR count). The molecular weight excluding hydrogens is 352 g/mol. The lowest BCUT2D eigenvalue weighted by Crippen LogP contribution is -2.43. The molecule has 1 aliphatic heterocycles. The quantitative estimate of drug-likeness (QED) is 0.744. The van der Waals surface area contributed by atoms with Crippen molar-refractivity contribution in [3.05, 3.63) is 82.4 Å². The predicted octanol–water partition coefficient (Wildman–Crippen LogP) is 4.18. The van der Waals surface area contributed by atoms with Crippen molar-refractivity contribution in [3.63, 3.8) is 0 Å². The van der Waals surface area contributed by atoms with Crippen molar-refractivity contribution in [3.8, 4) is 6.07 Å². The lowest BCUT2D eigenvalue weighted by Gasteiger charge is -2.41. The fourth-order valence-corrected chi connectivity index (χ4v) is 4.65. The van der Waals surface area contributed by atoms with Gasteiger partial charge in [-0.15, -0.1) is 11.3 Å². The molecule has 0 bridgehead atoms. The first kappa shape index (κ1) is 17.7. The van der Waals surface area contributed by atoms with Crippen molar-refractivity contribution < 1.29 is 0 Å². The summed E-state index contributed by atoms with van der Waals surface area (Å²) < 4.78 is 0. The van der Waals surface area contributed by atoms with E-state index in [9.17, 15) is 0 Å². The molecule has 0 atom stereocenters. The highest BCUT2D eigenvalue weighted by Gasteiger charge is 2.39. The van der Waals surface area contributed by atoms with Crippen molar-refractivity contribution in [1.82, 2.24) is 9.88 Å². The molecule has 3 aromatic rings. The third kappa shape index (κ3) is 3.59. The normalized spacial score (nSPS) is 16.7. The Kier molecular flexibility index (Phi) is 4.93. The second kappa shape index (κ2) is 7.51. The fourth-order valence-electron chi connectivity index (χ4n) is 3.99. The molecule has 2 heterocycles. The predicted molar refractivity (Wildman–Crippen MR) is 109 cm³/mol. The molecule has 2 aromatic carbocycles. The van der Waals surface area contributed by atoms with E-state index in [1.807, 2.05) is 12.1 Å². The third-order valence-electron chi connectivity index (χ3n) is 5.54. The molecule has 4 nitrogen and oxygen atoms in total. The van der Waals surface area contributed by atoms with Gasteiger partial charge >= 0.3 is 0 Å². The van der Waals surface area contributed by atoms with E-state index in [1.54, 1.807) is 0 Å². The Morgan fingerprint density at radius 1 is 1.07 bits per heavy atom. The number of anilines is 1. The van der Waals surface area contributed by atoms with E-state index in [1.165, 1.54) is 22.5 Å². The highest BCUT2D eigenvalue weighted by atomic mass is 32.1. The smallest absolute Gasteiger partial charge is 0.180 e. The number of rotatable bonds is 4. The lowest BCUT2D eigenvalue weighted by molar-refractivity contribution is 0.170. The van der Waals surface area contributed by atoms with Gasteiger partial charge in [-0.3, -0.25) is 4.90 Å². The lowest BCUT2D eigenvalue weighted by atomic mass is 9.70. The molecule has 0 saturated carbocycles. The maximum Gasteiger partial charge on any atom is 0.180 e. The van der Waals surface area contributed by atoms with Crippen molar-refractivity contribution in [2.75, 3.05) is 18.8 Å². The zero-order valence-corrected chi connectivity index (χ0v) is 16.0. The molecule has 1 fully saturated rings. The molecule has 2 N–H and O–H groups in total. The Labute approximate surface area is 163 Å². The summed E-state index contributed by atoms with van der Waals surface area (Å²) in [5.74, 6) is 0. The standard InChI is InChI=1S/C22H22N4S/c23-14-17-6-8-18(9-7-17)15-26-12-10-22(11-13-26,19-4-2-1-3-5-19)20-16-27-21(24)25-20/h1-9,16H,10-13,15H2,(H2,24,25). The second-order valence-electron chi connectivity index (χ2n) is 7.10. The number of nitriles is 1. The molecule has 27 heavy (non-hydrogen) atoms. The first-order valence-electron chi connectivity index (χ1n) is 9.18. The van der Waals surface area contributed by atoms with E-state index in [0.29, 0.717) is 10.7 Å². The van der Waals surface area contributed by atoms with E-state index >= 15 is 0 Å². The average Bonchev–Trinajstić information content (AvgIpc) is 3.17. The minimum Gasteiger partial charge on any atom is -0.375 e. The van der Waals surface area contributed by atoms with Crippen LogP contribution in [0.5, 0.6) is 0 Å². The van der Waals surface area contributed by atoms with E-state index in [4.69, 9.17) is 11.0 Å². The van der Waals surface area contributed by atoms with Gasteiger partial charge in [-0.1, -0.05) is 42.5 Å². The number of nitrogens with zero attached hydrogens (tertiary/aromatic N) is 3. The first-order valence-corrected chi connectivity index (χ1v) is 10.1. The van der Waals surface area contributed by atoms with Gasteiger partial charge in [-0.05, 0) is 49.2 Å². The van der Waals surface area contributed by atoms with Gasteiger partial charge in [-0.25, -0.2) is 4.98 Å². The molecule has 5 heteroatoms. The van der Waals surface area contributed by atoms with Gasteiger partial charge in [0.15, 0.2) is 5.13 Å². The largest absolute Gasteiger partial charge is 0.375 e. The van der Waals surface area contributed by atoms with Gasteiger partial charge < -0.3 is 5.73 Å². The number of benzene rings is 2.